The molecule has 0 bridgehead atoms. The highest BCUT2D eigenvalue weighted by molar-refractivity contribution is 14.0. The van der Waals surface area contributed by atoms with Crippen LogP contribution in [0.5, 0.6) is 0 Å². The lowest BCUT2D eigenvalue weighted by atomic mass is 10.0. The van der Waals surface area contributed by atoms with E-state index in [1.54, 1.807) is 24.5 Å². The zero-order valence-electron chi connectivity index (χ0n) is 16.0. The Labute approximate surface area is 181 Å². The molecule has 8 heteroatoms. The van der Waals surface area contributed by atoms with Gasteiger partial charge >= 0.3 is 0 Å². The Kier molecular flexibility index (Phi) is 8.28. The van der Waals surface area contributed by atoms with Gasteiger partial charge in [0.15, 0.2) is 5.96 Å². The summed E-state index contributed by atoms with van der Waals surface area (Å²) in [4.78, 5) is 12.2. The molecule has 1 unspecified atom stereocenters. The van der Waals surface area contributed by atoms with Crippen LogP contribution in [-0.4, -0.2) is 37.1 Å². The predicted octanol–water partition coefficient (Wildman–Crippen LogP) is 3.85. The second kappa shape index (κ2) is 10.2. The van der Waals surface area contributed by atoms with E-state index in [-0.39, 0.29) is 29.8 Å². The first-order chi connectivity index (χ1) is 12.5. The highest BCUT2D eigenvalue weighted by Gasteiger charge is 2.22. The molecule has 0 radical (unpaired) electrons. The van der Waals surface area contributed by atoms with Crippen molar-refractivity contribution in [3.63, 3.8) is 0 Å². The molecule has 1 aromatic heterocycles. The van der Waals surface area contributed by atoms with Gasteiger partial charge in [0.1, 0.15) is 10.8 Å². The minimum Gasteiger partial charge on any atom is -0.369 e. The summed E-state index contributed by atoms with van der Waals surface area (Å²) in [5.74, 6) is 0.612. The smallest absolute Gasteiger partial charge is 0.191 e. The fourth-order valence-corrected chi connectivity index (χ4v) is 4.04. The number of nitrogens with one attached hydrogen (secondary N) is 2. The SMILES string of the molecule is CN=C(NCc1ncc(C)s1)NC1CCCN(c2ccc(F)cc2C)C1.I. The van der Waals surface area contributed by atoms with Crippen molar-refractivity contribution in [3.8, 4) is 0 Å². The summed E-state index contributed by atoms with van der Waals surface area (Å²) >= 11 is 1.69. The number of rotatable bonds is 4. The molecule has 1 aliphatic rings. The monoisotopic (exact) mass is 503 g/mol. The second-order valence-corrected chi connectivity index (χ2v) is 7.97. The number of halogens is 2. The van der Waals surface area contributed by atoms with Crippen LogP contribution in [0.1, 0.15) is 28.3 Å². The third-order valence-corrected chi connectivity index (χ3v) is 5.47. The number of hydrogen-bond donors (Lipinski definition) is 2. The lowest BCUT2D eigenvalue weighted by Gasteiger charge is -2.36. The van der Waals surface area contributed by atoms with E-state index in [0.717, 1.165) is 48.1 Å². The van der Waals surface area contributed by atoms with E-state index in [0.29, 0.717) is 12.6 Å². The molecule has 3 rings (SSSR count). The Bertz CT molecular complexity index is 779. The Morgan fingerprint density at radius 2 is 2.22 bits per heavy atom. The standard InChI is InChI=1S/C19H26FN5S.HI/c1-13-9-15(20)6-7-17(13)25-8-4-5-16(12-25)24-19(21-3)23-11-18-22-10-14(2)26-18;/h6-7,9-10,16H,4-5,8,11-12H2,1-3H3,(H2,21,23,24);1H. The van der Waals surface area contributed by atoms with Crippen molar-refractivity contribution < 1.29 is 4.39 Å². The summed E-state index contributed by atoms with van der Waals surface area (Å²) in [6, 6.07) is 5.32. The molecule has 0 spiro atoms. The van der Waals surface area contributed by atoms with E-state index >= 15 is 0 Å². The third kappa shape index (κ3) is 6.03. The Morgan fingerprint density at radius 3 is 2.89 bits per heavy atom. The molecule has 1 aliphatic heterocycles. The van der Waals surface area contributed by atoms with Crippen molar-refractivity contribution in [2.75, 3.05) is 25.0 Å². The van der Waals surface area contributed by atoms with Crippen LogP contribution < -0.4 is 15.5 Å². The molecule has 0 amide bonds. The van der Waals surface area contributed by atoms with Crippen molar-refractivity contribution in [2.45, 2.75) is 39.3 Å². The van der Waals surface area contributed by atoms with Gasteiger partial charge in [0, 0.05) is 42.9 Å². The summed E-state index contributed by atoms with van der Waals surface area (Å²) in [7, 11) is 1.78. The first-order valence-electron chi connectivity index (χ1n) is 8.94. The average Bonchev–Trinajstić information content (AvgIpc) is 3.04. The molecule has 1 saturated heterocycles. The largest absolute Gasteiger partial charge is 0.369 e. The summed E-state index contributed by atoms with van der Waals surface area (Å²) in [5.41, 5.74) is 2.09. The van der Waals surface area contributed by atoms with E-state index < -0.39 is 0 Å². The van der Waals surface area contributed by atoms with Gasteiger partial charge in [-0.2, -0.15) is 0 Å². The van der Waals surface area contributed by atoms with Crippen molar-refractivity contribution in [1.82, 2.24) is 15.6 Å². The Hall–Kier alpha value is -1.42. The van der Waals surface area contributed by atoms with Crippen molar-refractivity contribution in [1.29, 1.82) is 0 Å². The van der Waals surface area contributed by atoms with Gasteiger partial charge in [0.2, 0.25) is 0 Å². The van der Waals surface area contributed by atoms with E-state index in [9.17, 15) is 4.39 Å². The van der Waals surface area contributed by atoms with Crippen molar-refractivity contribution in [3.05, 3.63) is 45.7 Å². The van der Waals surface area contributed by atoms with Gasteiger partial charge in [0.25, 0.3) is 0 Å². The van der Waals surface area contributed by atoms with Crippen LogP contribution in [0, 0.1) is 19.7 Å². The molecule has 1 atom stereocenters. The summed E-state index contributed by atoms with van der Waals surface area (Å²) < 4.78 is 13.4. The predicted molar refractivity (Wildman–Crippen MR) is 122 cm³/mol. The minimum atomic E-state index is -0.181. The number of aryl methyl sites for hydroxylation is 2. The molecule has 2 N–H and O–H groups in total. The van der Waals surface area contributed by atoms with Crippen LogP contribution in [-0.2, 0) is 6.54 Å². The van der Waals surface area contributed by atoms with Gasteiger partial charge in [-0.3, -0.25) is 4.99 Å². The van der Waals surface area contributed by atoms with Gasteiger partial charge < -0.3 is 15.5 Å². The molecule has 2 heterocycles. The highest BCUT2D eigenvalue weighted by atomic mass is 127. The number of benzene rings is 1. The van der Waals surface area contributed by atoms with Gasteiger partial charge in [-0.25, -0.2) is 9.37 Å². The average molecular weight is 503 g/mol. The fourth-order valence-electron chi connectivity index (χ4n) is 3.32. The molecule has 5 nitrogen and oxygen atoms in total. The normalized spacial score (nSPS) is 17.4. The minimum absolute atomic E-state index is 0. The second-order valence-electron chi connectivity index (χ2n) is 6.65. The van der Waals surface area contributed by atoms with Crippen LogP contribution in [0.4, 0.5) is 10.1 Å². The van der Waals surface area contributed by atoms with E-state index in [2.05, 4.69) is 32.4 Å². The molecule has 1 aromatic carbocycles. The maximum Gasteiger partial charge on any atom is 0.191 e. The molecule has 0 saturated carbocycles. The topological polar surface area (TPSA) is 52.6 Å². The molecule has 148 valence electrons. The Morgan fingerprint density at radius 1 is 1.41 bits per heavy atom. The molecule has 27 heavy (non-hydrogen) atoms. The lowest BCUT2D eigenvalue weighted by molar-refractivity contribution is 0.467. The van der Waals surface area contributed by atoms with E-state index in [1.807, 2.05) is 19.2 Å². The summed E-state index contributed by atoms with van der Waals surface area (Å²) in [5, 5.41) is 7.91. The Balaban J connectivity index is 0.00000261. The number of piperidine rings is 1. The van der Waals surface area contributed by atoms with Crippen LogP contribution in [0.15, 0.2) is 29.4 Å². The fraction of sp³-hybridized carbons (Fsp3) is 0.474. The lowest BCUT2D eigenvalue weighted by Crippen LogP contribution is -2.51. The summed E-state index contributed by atoms with van der Waals surface area (Å²) in [6.07, 6.45) is 4.08. The van der Waals surface area contributed by atoms with Gasteiger partial charge in [-0.1, -0.05) is 0 Å². The number of thiazole rings is 1. The number of nitrogens with zero attached hydrogens (tertiary/aromatic N) is 3. The van der Waals surface area contributed by atoms with Gasteiger partial charge in [0.05, 0.1) is 6.54 Å². The van der Waals surface area contributed by atoms with E-state index in [4.69, 9.17) is 0 Å². The van der Waals surface area contributed by atoms with Gasteiger partial charge in [-0.15, -0.1) is 35.3 Å². The van der Waals surface area contributed by atoms with Crippen LogP contribution >= 0.6 is 35.3 Å². The van der Waals surface area contributed by atoms with Crippen LogP contribution in [0.25, 0.3) is 0 Å². The van der Waals surface area contributed by atoms with Crippen LogP contribution in [0.3, 0.4) is 0 Å². The first kappa shape index (κ1) is 21.9. The number of guanidine groups is 1. The number of aliphatic imine (C=N–C) groups is 1. The maximum absolute atomic E-state index is 13.4. The van der Waals surface area contributed by atoms with Crippen molar-refractivity contribution in [2.24, 2.45) is 4.99 Å². The molecule has 1 fully saturated rings. The zero-order chi connectivity index (χ0) is 18.5. The first-order valence-corrected chi connectivity index (χ1v) is 9.76. The van der Waals surface area contributed by atoms with Gasteiger partial charge in [-0.05, 0) is 50.5 Å². The molecule has 0 aliphatic carbocycles. The number of aromatic nitrogens is 1. The van der Waals surface area contributed by atoms with Crippen LogP contribution in [0.2, 0.25) is 0 Å². The number of anilines is 1. The molecule has 2 aromatic rings. The molecular weight excluding hydrogens is 476 g/mol. The highest BCUT2D eigenvalue weighted by Crippen LogP contribution is 2.24. The third-order valence-electron chi connectivity index (χ3n) is 4.56. The maximum atomic E-state index is 13.4. The summed E-state index contributed by atoms with van der Waals surface area (Å²) in [6.45, 7) is 6.57. The number of hydrogen-bond acceptors (Lipinski definition) is 4. The van der Waals surface area contributed by atoms with Crippen molar-refractivity contribution >= 4 is 47.0 Å². The molecular formula is C19H27FIN5S. The van der Waals surface area contributed by atoms with E-state index in [1.165, 1.54) is 10.9 Å². The zero-order valence-corrected chi connectivity index (χ0v) is 19.1. The quantitative estimate of drug-likeness (QED) is 0.378.